The van der Waals surface area contributed by atoms with Gasteiger partial charge >= 0.3 is 0 Å². The number of hydrogen-bond donors (Lipinski definition) is 2. The number of nitrogen functional groups attached to an aromatic ring is 1. The van der Waals surface area contributed by atoms with Gasteiger partial charge in [0, 0.05) is 11.8 Å². The van der Waals surface area contributed by atoms with Gasteiger partial charge < -0.3 is 11.5 Å². The molecule has 0 atom stereocenters. The zero-order valence-electron chi connectivity index (χ0n) is 15.2. The molecule has 1 aliphatic carbocycles. The number of rotatable bonds is 4. The lowest BCUT2D eigenvalue weighted by Gasteiger charge is -2.20. The number of primary amides is 1. The van der Waals surface area contributed by atoms with Gasteiger partial charge in [-0.1, -0.05) is 56.4 Å². The normalized spacial score (nSPS) is 16.3. The molecule has 4 N–H and O–H groups in total. The van der Waals surface area contributed by atoms with Crippen molar-refractivity contribution >= 4 is 23.5 Å². The molecular formula is C22H27N3O. The van der Waals surface area contributed by atoms with Crippen molar-refractivity contribution in [2.45, 2.75) is 50.9 Å². The van der Waals surface area contributed by atoms with Crippen LogP contribution in [0.2, 0.25) is 0 Å². The molecule has 1 aliphatic rings. The van der Waals surface area contributed by atoms with Gasteiger partial charge in [-0.2, -0.15) is 0 Å². The Morgan fingerprint density at radius 2 is 1.62 bits per heavy atom. The largest absolute Gasteiger partial charge is 0.398 e. The molecule has 0 saturated heterocycles. The molecule has 4 nitrogen and oxygen atoms in total. The van der Waals surface area contributed by atoms with E-state index in [1.807, 2.05) is 6.07 Å². The number of anilines is 1. The van der Waals surface area contributed by atoms with Crippen molar-refractivity contribution < 1.29 is 4.79 Å². The number of aliphatic imine (C=N–C) groups is 1. The average molecular weight is 349 g/mol. The Labute approximate surface area is 155 Å². The Balaban J connectivity index is 1.72. The van der Waals surface area contributed by atoms with Crippen molar-refractivity contribution in [1.82, 2.24) is 0 Å². The first-order valence-corrected chi connectivity index (χ1v) is 9.47. The van der Waals surface area contributed by atoms with Crippen molar-refractivity contribution in [3.63, 3.8) is 0 Å². The molecule has 3 rings (SSSR count). The molecule has 0 aromatic heterocycles. The Morgan fingerprint density at radius 3 is 2.27 bits per heavy atom. The van der Waals surface area contributed by atoms with Crippen LogP contribution in [0, 0.1) is 0 Å². The molecular weight excluding hydrogens is 322 g/mol. The van der Waals surface area contributed by atoms with Crippen molar-refractivity contribution in [1.29, 1.82) is 0 Å². The van der Waals surface area contributed by atoms with Crippen LogP contribution in [0.4, 0.5) is 11.4 Å². The van der Waals surface area contributed by atoms with Crippen molar-refractivity contribution in [2.75, 3.05) is 5.73 Å². The van der Waals surface area contributed by atoms with Gasteiger partial charge in [-0.15, -0.1) is 0 Å². The van der Waals surface area contributed by atoms with Gasteiger partial charge in [-0.25, -0.2) is 0 Å². The van der Waals surface area contributed by atoms with Crippen LogP contribution in [0.5, 0.6) is 0 Å². The number of para-hydroxylation sites is 1. The minimum absolute atomic E-state index is 0.327. The molecule has 0 radical (unpaired) electrons. The molecule has 26 heavy (non-hydrogen) atoms. The van der Waals surface area contributed by atoms with E-state index in [2.05, 4.69) is 29.3 Å². The molecule has 136 valence electrons. The van der Waals surface area contributed by atoms with E-state index in [1.165, 1.54) is 50.5 Å². The lowest BCUT2D eigenvalue weighted by Crippen LogP contribution is -2.14. The van der Waals surface area contributed by atoms with Gasteiger partial charge in [0.25, 0.3) is 5.91 Å². The molecule has 1 amide bonds. The van der Waals surface area contributed by atoms with E-state index in [0.717, 1.165) is 5.69 Å². The van der Waals surface area contributed by atoms with E-state index in [9.17, 15) is 4.79 Å². The highest BCUT2D eigenvalue weighted by Gasteiger charge is 2.13. The van der Waals surface area contributed by atoms with Gasteiger partial charge in [0.2, 0.25) is 0 Å². The summed E-state index contributed by atoms with van der Waals surface area (Å²) in [7, 11) is 0. The number of benzene rings is 2. The van der Waals surface area contributed by atoms with Crippen LogP contribution in [0.15, 0.2) is 47.5 Å². The van der Waals surface area contributed by atoms with Gasteiger partial charge in [0.15, 0.2) is 0 Å². The Morgan fingerprint density at radius 1 is 0.962 bits per heavy atom. The zero-order valence-corrected chi connectivity index (χ0v) is 15.2. The summed E-state index contributed by atoms with van der Waals surface area (Å²) in [5.41, 5.74) is 15.0. The van der Waals surface area contributed by atoms with Crippen molar-refractivity contribution in [2.24, 2.45) is 10.7 Å². The van der Waals surface area contributed by atoms with Crippen LogP contribution < -0.4 is 11.5 Å². The second-order valence-electron chi connectivity index (χ2n) is 7.06. The fourth-order valence-electron chi connectivity index (χ4n) is 3.68. The molecule has 1 saturated carbocycles. The smallest absolute Gasteiger partial charge is 0.250 e. The second kappa shape index (κ2) is 8.65. The number of nitrogens with zero attached hydrogens (tertiary/aromatic N) is 1. The number of amides is 1. The standard InChI is InChI=1S/C22H27N3O/c23-21-18(9-6-10-20(21)22(24)26)15-25-19-13-11-17(12-14-19)16-7-4-2-1-3-5-8-16/h6,9-16H,1-5,7-8,23H2,(H2,24,26). The summed E-state index contributed by atoms with van der Waals surface area (Å²) in [4.78, 5) is 15.9. The van der Waals surface area contributed by atoms with Crippen molar-refractivity contribution in [3.05, 3.63) is 59.2 Å². The van der Waals surface area contributed by atoms with Crippen LogP contribution in [0.3, 0.4) is 0 Å². The Kier molecular flexibility index (Phi) is 6.05. The predicted molar refractivity (Wildman–Crippen MR) is 108 cm³/mol. The molecule has 0 heterocycles. The summed E-state index contributed by atoms with van der Waals surface area (Å²) < 4.78 is 0. The zero-order chi connectivity index (χ0) is 18.4. The van der Waals surface area contributed by atoms with Crippen LogP contribution in [-0.2, 0) is 0 Å². The van der Waals surface area contributed by atoms with Gasteiger partial charge in [0.05, 0.1) is 16.9 Å². The molecule has 0 bridgehead atoms. The van der Waals surface area contributed by atoms with Crippen LogP contribution >= 0.6 is 0 Å². The maximum atomic E-state index is 11.4. The first kappa shape index (κ1) is 18.2. The van der Waals surface area contributed by atoms with Crippen LogP contribution in [-0.4, -0.2) is 12.1 Å². The van der Waals surface area contributed by atoms with E-state index in [-0.39, 0.29) is 0 Å². The minimum Gasteiger partial charge on any atom is -0.398 e. The summed E-state index contributed by atoms with van der Waals surface area (Å²) in [6.07, 6.45) is 11.1. The number of carbonyl (C=O) groups excluding carboxylic acids is 1. The molecule has 0 spiro atoms. The maximum absolute atomic E-state index is 11.4. The quantitative estimate of drug-likeness (QED) is 0.605. The highest BCUT2D eigenvalue weighted by atomic mass is 16.1. The van der Waals surface area contributed by atoms with Crippen molar-refractivity contribution in [3.8, 4) is 0 Å². The molecule has 1 fully saturated rings. The summed E-state index contributed by atoms with van der Waals surface area (Å²) in [6.45, 7) is 0. The first-order valence-electron chi connectivity index (χ1n) is 9.47. The van der Waals surface area contributed by atoms with E-state index < -0.39 is 5.91 Å². The third-order valence-corrected chi connectivity index (χ3v) is 5.23. The van der Waals surface area contributed by atoms with E-state index in [0.29, 0.717) is 22.7 Å². The fraction of sp³-hybridized carbons (Fsp3) is 0.364. The highest BCUT2D eigenvalue weighted by Crippen LogP contribution is 2.31. The average Bonchev–Trinajstić information content (AvgIpc) is 2.61. The van der Waals surface area contributed by atoms with E-state index in [4.69, 9.17) is 11.5 Å². The maximum Gasteiger partial charge on any atom is 0.250 e. The number of carbonyl (C=O) groups is 1. The summed E-state index contributed by atoms with van der Waals surface area (Å²) in [6, 6.07) is 13.7. The number of nitrogens with two attached hydrogens (primary N) is 2. The SMILES string of the molecule is NC(=O)c1cccc(C=Nc2ccc(C3CCCCCCC3)cc2)c1N. The van der Waals surface area contributed by atoms with Gasteiger partial charge in [-0.3, -0.25) is 9.79 Å². The summed E-state index contributed by atoms with van der Waals surface area (Å²) >= 11 is 0. The topological polar surface area (TPSA) is 81.5 Å². The second-order valence-corrected chi connectivity index (χ2v) is 7.06. The first-order chi connectivity index (χ1) is 12.6. The number of hydrogen-bond acceptors (Lipinski definition) is 3. The van der Waals surface area contributed by atoms with Crippen LogP contribution in [0.1, 0.15) is 72.3 Å². The third-order valence-electron chi connectivity index (χ3n) is 5.23. The molecule has 2 aromatic carbocycles. The molecule has 2 aromatic rings. The Bertz CT molecular complexity index is 772. The molecule has 4 heteroatoms. The third kappa shape index (κ3) is 4.51. The summed E-state index contributed by atoms with van der Waals surface area (Å²) in [5, 5.41) is 0. The fourth-order valence-corrected chi connectivity index (χ4v) is 3.68. The van der Waals surface area contributed by atoms with E-state index in [1.54, 1.807) is 18.3 Å². The van der Waals surface area contributed by atoms with Gasteiger partial charge in [0.1, 0.15) is 0 Å². The molecule has 0 unspecified atom stereocenters. The lowest BCUT2D eigenvalue weighted by molar-refractivity contribution is 0.100. The molecule has 0 aliphatic heterocycles. The van der Waals surface area contributed by atoms with Crippen LogP contribution in [0.25, 0.3) is 0 Å². The minimum atomic E-state index is -0.527. The highest BCUT2D eigenvalue weighted by molar-refractivity contribution is 6.02. The monoisotopic (exact) mass is 349 g/mol. The lowest BCUT2D eigenvalue weighted by atomic mass is 9.86. The van der Waals surface area contributed by atoms with E-state index >= 15 is 0 Å². The van der Waals surface area contributed by atoms with Gasteiger partial charge in [-0.05, 0) is 42.5 Å². The Hall–Kier alpha value is -2.62. The summed E-state index contributed by atoms with van der Waals surface area (Å²) in [5.74, 6) is 0.150. The predicted octanol–water partition coefficient (Wildman–Crippen LogP) is 4.95.